The summed E-state index contributed by atoms with van der Waals surface area (Å²) in [5, 5.41) is 14.1. The van der Waals surface area contributed by atoms with Crippen LogP contribution in [0.3, 0.4) is 0 Å². The molecule has 0 spiro atoms. The molecule has 176 valence electrons. The van der Waals surface area contributed by atoms with Crippen LogP contribution in [0.25, 0.3) is 0 Å². The molecule has 31 heavy (non-hydrogen) atoms. The molecule has 11 heteroatoms. The first kappa shape index (κ1) is 23.9. The zero-order chi connectivity index (χ0) is 23.3. The van der Waals surface area contributed by atoms with Gasteiger partial charge < -0.3 is 39.4 Å². The van der Waals surface area contributed by atoms with Crippen LogP contribution in [0.15, 0.2) is 0 Å². The Morgan fingerprint density at radius 1 is 0.839 bits per heavy atom. The number of hydrogen-bond acceptors (Lipinski definition) is 8. The quantitative estimate of drug-likeness (QED) is 0.520. The van der Waals surface area contributed by atoms with Crippen LogP contribution in [-0.2, 0) is 38.1 Å². The van der Waals surface area contributed by atoms with Crippen LogP contribution in [0.2, 0.25) is 0 Å². The van der Waals surface area contributed by atoms with Gasteiger partial charge in [0.1, 0.15) is 30.4 Å². The highest BCUT2D eigenvalue weighted by Gasteiger charge is 2.62. The van der Waals surface area contributed by atoms with Crippen molar-refractivity contribution >= 4 is 17.8 Å². The Labute approximate surface area is 181 Å². The zero-order valence-corrected chi connectivity index (χ0v) is 18.8. The van der Waals surface area contributed by atoms with Crippen molar-refractivity contribution in [3.05, 3.63) is 0 Å². The van der Waals surface area contributed by atoms with E-state index in [4.69, 9.17) is 28.8 Å². The second-order valence-electron chi connectivity index (χ2n) is 9.39. The Morgan fingerprint density at radius 3 is 1.97 bits per heavy atom. The first-order valence-electron chi connectivity index (χ1n) is 10.4. The number of ether oxygens (including phenoxy) is 5. The molecular formula is C20H32N2O9. The molecule has 3 aliphatic rings. The average Bonchev–Trinajstić information content (AvgIpc) is 3.11. The first-order valence-corrected chi connectivity index (χ1v) is 10.4. The van der Waals surface area contributed by atoms with Crippen molar-refractivity contribution in [2.45, 2.75) is 103 Å². The molecule has 0 aromatic rings. The number of nitrogens with one attached hydrogen (secondary N) is 2. The van der Waals surface area contributed by atoms with Gasteiger partial charge in [-0.05, 0) is 40.5 Å². The van der Waals surface area contributed by atoms with E-state index >= 15 is 0 Å². The molecule has 7 atom stereocenters. The minimum absolute atomic E-state index is 0.306. The maximum Gasteiger partial charge on any atom is 0.325 e. The highest BCUT2D eigenvalue weighted by Crippen LogP contribution is 2.44. The summed E-state index contributed by atoms with van der Waals surface area (Å²) < 4.78 is 29.5. The van der Waals surface area contributed by atoms with Crippen LogP contribution in [0.5, 0.6) is 0 Å². The average molecular weight is 444 g/mol. The summed E-state index contributed by atoms with van der Waals surface area (Å²) in [6, 6.07) is -2.07. The molecule has 3 rings (SSSR count). The molecule has 3 fully saturated rings. The van der Waals surface area contributed by atoms with Crippen LogP contribution in [0.4, 0.5) is 0 Å². The molecule has 0 unspecified atom stereocenters. The van der Waals surface area contributed by atoms with Gasteiger partial charge in [0.15, 0.2) is 24.0 Å². The first-order chi connectivity index (χ1) is 14.2. The van der Waals surface area contributed by atoms with Gasteiger partial charge in [0.25, 0.3) is 5.91 Å². The summed E-state index contributed by atoms with van der Waals surface area (Å²) >= 11 is 0. The molecule has 3 aliphatic heterocycles. The minimum Gasteiger partial charge on any atom is -0.480 e. The lowest BCUT2D eigenvalue weighted by atomic mass is 9.97. The normalized spacial score (nSPS) is 35.0. The van der Waals surface area contributed by atoms with Crippen LogP contribution >= 0.6 is 0 Å². The van der Waals surface area contributed by atoms with Crippen molar-refractivity contribution in [3.63, 3.8) is 0 Å². The highest BCUT2D eigenvalue weighted by atomic mass is 16.9. The molecule has 0 aromatic heterocycles. The number of carbonyl (C=O) groups excluding carboxylic acids is 2. The SMILES string of the molecule is CC(C)[C@@H](NC(=O)[C@H]1O[C@@H]2OC(C)(C)O[C@@H]2[C@H]2OC(C)(C)O[C@H]21)C(=O)N[C@@H](C)C(=O)O. The van der Waals surface area contributed by atoms with Crippen molar-refractivity contribution in [1.82, 2.24) is 10.6 Å². The van der Waals surface area contributed by atoms with Crippen LogP contribution in [0.1, 0.15) is 48.5 Å². The molecule has 3 heterocycles. The van der Waals surface area contributed by atoms with E-state index in [1.165, 1.54) is 6.92 Å². The van der Waals surface area contributed by atoms with E-state index in [2.05, 4.69) is 10.6 Å². The van der Waals surface area contributed by atoms with Gasteiger partial charge in [0.05, 0.1) is 0 Å². The number of hydrogen-bond donors (Lipinski definition) is 3. The fraction of sp³-hybridized carbons (Fsp3) is 0.850. The molecular weight excluding hydrogens is 412 g/mol. The molecule has 0 bridgehead atoms. The van der Waals surface area contributed by atoms with Crippen LogP contribution < -0.4 is 10.6 Å². The van der Waals surface area contributed by atoms with Gasteiger partial charge in [-0.2, -0.15) is 0 Å². The number of rotatable bonds is 6. The lowest BCUT2D eigenvalue weighted by Gasteiger charge is -2.37. The second-order valence-corrected chi connectivity index (χ2v) is 9.39. The predicted molar refractivity (Wildman–Crippen MR) is 105 cm³/mol. The fourth-order valence-corrected chi connectivity index (χ4v) is 3.96. The summed E-state index contributed by atoms with van der Waals surface area (Å²) in [6.45, 7) is 11.8. The van der Waals surface area contributed by atoms with Crippen LogP contribution in [0, 0.1) is 5.92 Å². The molecule has 0 saturated carbocycles. The van der Waals surface area contributed by atoms with Gasteiger partial charge in [0.2, 0.25) is 5.91 Å². The number of carbonyl (C=O) groups is 3. The van der Waals surface area contributed by atoms with E-state index in [9.17, 15) is 14.4 Å². The molecule has 11 nitrogen and oxygen atoms in total. The van der Waals surface area contributed by atoms with Gasteiger partial charge in [-0.1, -0.05) is 13.8 Å². The highest BCUT2D eigenvalue weighted by molar-refractivity contribution is 5.91. The van der Waals surface area contributed by atoms with Crippen LogP contribution in [-0.4, -0.2) is 77.3 Å². The summed E-state index contributed by atoms with van der Waals surface area (Å²) in [6.07, 6.45) is -3.92. The zero-order valence-electron chi connectivity index (χ0n) is 18.8. The molecule has 0 aliphatic carbocycles. The van der Waals surface area contributed by atoms with E-state index in [1.807, 2.05) is 0 Å². The van der Waals surface area contributed by atoms with Gasteiger partial charge in [-0.15, -0.1) is 0 Å². The lowest BCUT2D eigenvalue weighted by Crippen LogP contribution is -2.62. The van der Waals surface area contributed by atoms with E-state index in [0.29, 0.717) is 0 Å². The Hall–Kier alpha value is -1.79. The molecule has 3 saturated heterocycles. The van der Waals surface area contributed by atoms with Gasteiger partial charge in [-0.3, -0.25) is 14.4 Å². The number of carboxylic acid groups (broad SMARTS) is 1. The Kier molecular flexibility index (Phi) is 6.38. The van der Waals surface area contributed by atoms with E-state index in [0.717, 1.165) is 0 Å². The molecule has 0 aromatic carbocycles. The fourth-order valence-electron chi connectivity index (χ4n) is 3.96. The summed E-state index contributed by atoms with van der Waals surface area (Å²) in [5.41, 5.74) is 0. The van der Waals surface area contributed by atoms with E-state index < -0.39 is 72.1 Å². The standard InChI is InChI=1S/C20H32N2O9/c1-8(2)10(15(23)21-9(3)17(25)26)22-16(24)13-11-12(29-19(4,5)28-11)14-18(27-13)31-20(6,7)30-14/h8-14,18H,1-7H3,(H,21,23)(H,22,24)(H,25,26)/t9-,10+,11+,12-,13-,14+,18+/m0/s1. The van der Waals surface area contributed by atoms with Crippen molar-refractivity contribution in [2.75, 3.05) is 0 Å². The number of carboxylic acids is 1. The number of amides is 2. The van der Waals surface area contributed by atoms with Gasteiger partial charge in [-0.25, -0.2) is 0 Å². The van der Waals surface area contributed by atoms with Crippen molar-refractivity contribution in [1.29, 1.82) is 0 Å². The maximum atomic E-state index is 13.2. The number of fused-ring (bicyclic) bond motifs is 3. The topological polar surface area (TPSA) is 142 Å². The van der Waals surface area contributed by atoms with Gasteiger partial charge >= 0.3 is 5.97 Å². The monoisotopic (exact) mass is 444 g/mol. The third-order valence-corrected chi connectivity index (χ3v) is 5.39. The number of aliphatic carboxylic acids is 1. The largest absolute Gasteiger partial charge is 0.480 e. The minimum atomic E-state index is -1.17. The second kappa shape index (κ2) is 8.28. The summed E-state index contributed by atoms with van der Waals surface area (Å²) in [7, 11) is 0. The summed E-state index contributed by atoms with van der Waals surface area (Å²) in [5.74, 6) is -4.55. The lowest BCUT2D eigenvalue weighted by molar-refractivity contribution is -0.231. The van der Waals surface area contributed by atoms with Crippen molar-refractivity contribution < 1.29 is 43.2 Å². The Bertz CT molecular complexity index is 738. The summed E-state index contributed by atoms with van der Waals surface area (Å²) in [4.78, 5) is 36.8. The third kappa shape index (κ3) is 5.01. The predicted octanol–water partition coefficient (Wildman–Crippen LogP) is 0.113. The Balaban J connectivity index is 1.77. The molecule has 0 radical (unpaired) electrons. The van der Waals surface area contributed by atoms with Crippen molar-refractivity contribution in [2.24, 2.45) is 5.92 Å². The van der Waals surface area contributed by atoms with Crippen molar-refractivity contribution in [3.8, 4) is 0 Å². The Morgan fingerprint density at radius 2 is 1.39 bits per heavy atom. The van der Waals surface area contributed by atoms with E-state index in [1.54, 1.807) is 41.5 Å². The molecule has 2 amide bonds. The maximum absolute atomic E-state index is 13.2. The third-order valence-electron chi connectivity index (χ3n) is 5.39. The smallest absolute Gasteiger partial charge is 0.325 e. The van der Waals surface area contributed by atoms with E-state index in [-0.39, 0.29) is 5.92 Å². The molecule has 3 N–H and O–H groups in total. The van der Waals surface area contributed by atoms with Gasteiger partial charge in [0, 0.05) is 0 Å².